The summed E-state index contributed by atoms with van der Waals surface area (Å²) in [5.74, 6) is 0. The number of hydrogen-bond donors (Lipinski definition) is 1. The van der Waals surface area contributed by atoms with Gasteiger partial charge >= 0.3 is 0 Å². The minimum atomic E-state index is 1.17. The third-order valence-corrected chi connectivity index (χ3v) is 3.27. The van der Waals surface area contributed by atoms with Crippen molar-refractivity contribution in [1.82, 2.24) is 5.32 Å². The number of allylic oxidation sites excluding steroid dienone is 2. The van der Waals surface area contributed by atoms with Gasteiger partial charge in [-0.1, -0.05) is 24.1 Å². The molecule has 0 fully saturated rings. The molecule has 0 saturated heterocycles. The average Bonchev–Trinajstić information content (AvgIpc) is 2.34. The van der Waals surface area contributed by atoms with Crippen LogP contribution in [0, 0.1) is 0 Å². The van der Waals surface area contributed by atoms with Crippen molar-refractivity contribution in [2.45, 2.75) is 57.8 Å². The highest BCUT2D eigenvalue weighted by molar-refractivity contribution is 5.05. The van der Waals surface area contributed by atoms with Crippen LogP contribution in [0.2, 0.25) is 0 Å². The van der Waals surface area contributed by atoms with Gasteiger partial charge in [-0.25, -0.2) is 0 Å². The molecule has 0 heterocycles. The van der Waals surface area contributed by atoms with E-state index in [-0.39, 0.29) is 0 Å². The molecule has 1 heteroatoms. The Labute approximate surface area is 101 Å². The van der Waals surface area contributed by atoms with Crippen LogP contribution in [-0.4, -0.2) is 13.1 Å². The van der Waals surface area contributed by atoms with Gasteiger partial charge in [0.2, 0.25) is 0 Å². The Morgan fingerprint density at radius 2 is 2.12 bits per heavy atom. The molecule has 0 bridgehead atoms. The van der Waals surface area contributed by atoms with Crippen molar-refractivity contribution < 1.29 is 0 Å². The predicted octanol–water partition coefficient (Wildman–Crippen LogP) is 4.21. The molecule has 16 heavy (non-hydrogen) atoms. The van der Waals surface area contributed by atoms with E-state index in [1.54, 1.807) is 5.57 Å². The van der Waals surface area contributed by atoms with Crippen molar-refractivity contribution in [3.05, 3.63) is 24.3 Å². The Balaban J connectivity index is 1.84. The molecule has 0 aromatic heterocycles. The molecule has 1 aliphatic rings. The Morgan fingerprint density at radius 1 is 1.19 bits per heavy atom. The largest absolute Gasteiger partial charge is 0.316 e. The molecule has 0 spiro atoms. The molecule has 0 aliphatic heterocycles. The molecule has 92 valence electrons. The van der Waals surface area contributed by atoms with Crippen LogP contribution >= 0.6 is 0 Å². The smallest absolute Gasteiger partial charge is 0.00116 e. The van der Waals surface area contributed by atoms with Gasteiger partial charge in [0.05, 0.1) is 0 Å². The van der Waals surface area contributed by atoms with Crippen molar-refractivity contribution in [3.63, 3.8) is 0 Å². The van der Waals surface area contributed by atoms with Gasteiger partial charge in [0.25, 0.3) is 0 Å². The number of rotatable bonds is 9. The fraction of sp³-hybridized carbons (Fsp3) is 0.733. The van der Waals surface area contributed by atoms with Crippen molar-refractivity contribution in [2.75, 3.05) is 13.1 Å². The molecule has 1 rings (SSSR count). The van der Waals surface area contributed by atoms with Crippen LogP contribution in [0.1, 0.15) is 57.8 Å². The minimum Gasteiger partial charge on any atom is -0.316 e. The van der Waals surface area contributed by atoms with Crippen molar-refractivity contribution in [1.29, 1.82) is 0 Å². The summed E-state index contributed by atoms with van der Waals surface area (Å²) in [5, 5.41) is 3.54. The lowest BCUT2D eigenvalue weighted by atomic mass is 9.97. The molecule has 1 aliphatic carbocycles. The van der Waals surface area contributed by atoms with Crippen molar-refractivity contribution in [2.24, 2.45) is 0 Å². The molecule has 0 amide bonds. The van der Waals surface area contributed by atoms with Gasteiger partial charge in [0.15, 0.2) is 0 Å². The van der Waals surface area contributed by atoms with E-state index in [0.29, 0.717) is 0 Å². The van der Waals surface area contributed by atoms with E-state index in [9.17, 15) is 0 Å². The molecular formula is C15H27N. The first-order valence-corrected chi connectivity index (χ1v) is 6.93. The Hall–Kier alpha value is -0.560. The fourth-order valence-corrected chi connectivity index (χ4v) is 2.22. The maximum absolute atomic E-state index is 3.74. The van der Waals surface area contributed by atoms with Crippen LogP contribution in [0.3, 0.4) is 0 Å². The van der Waals surface area contributed by atoms with E-state index in [2.05, 4.69) is 18.0 Å². The van der Waals surface area contributed by atoms with Crippen molar-refractivity contribution >= 4 is 0 Å². The van der Waals surface area contributed by atoms with Crippen LogP contribution in [0.5, 0.6) is 0 Å². The monoisotopic (exact) mass is 221 g/mol. The topological polar surface area (TPSA) is 12.0 Å². The van der Waals surface area contributed by atoms with E-state index >= 15 is 0 Å². The van der Waals surface area contributed by atoms with E-state index in [4.69, 9.17) is 0 Å². The molecule has 0 saturated carbocycles. The van der Waals surface area contributed by atoms with E-state index in [0.717, 1.165) is 0 Å². The van der Waals surface area contributed by atoms with Crippen LogP contribution in [0.25, 0.3) is 0 Å². The molecule has 1 nitrogen and oxygen atoms in total. The van der Waals surface area contributed by atoms with Crippen molar-refractivity contribution in [3.8, 4) is 0 Å². The highest BCUT2D eigenvalue weighted by Crippen LogP contribution is 2.19. The molecule has 0 aromatic rings. The average molecular weight is 221 g/mol. The number of unbranched alkanes of at least 4 members (excludes halogenated alkanes) is 3. The normalized spacial score (nSPS) is 15.9. The highest BCUT2D eigenvalue weighted by Gasteiger charge is 2.02. The molecule has 0 aromatic carbocycles. The predicted molar refractivity (Wildman–Crippen MR) is 72.7 cm³/mol. The Morgan fingerprint density at radius 3 is 2.88 bits per heavy atom. The second kappa shape index (κ2) is 9.65. The van der Waals surface area contributed by atoms with Gasteiger partial charge < -0.3 is 5.32 Å². The molecule has 0 radical (unpaired) electrons. The van der Waals surface area contributed by atoms with E-state index in [1.807, 2.05) is 6.08 Å². The van der Waals surface area contributed by atoms with Crippen LogP contribution in [0.4, 0.5) is 0 Å². The summed E-state index contributed by atoms with van der Waals surface area (Å²) in [7, 11) is 0. The first-order valence-electron chi connectivity index (χ1n) is 6.93. The summed E-state index contributed by atoms with van der Waals surface area (Å²) < 4.78 is 0. The summed E-state index contributed by atoms with van der Waals surface area (Å²) in [4.78, 5) is 0. The first-order chi connectivity index (χ1) is 7.93. The fourth-order valence-electron chi connectivity index (χ4n) is 2.22. The Kier molecular flexibility index (Phi) is 8.15. The highest BCUT2D eigenvalue weighted by atomic mass is 14.8. The van der Waals surface area contributed by atoms with Gasteiger partial charge in [-0.2, -0.15) is 0 Å². The first kappa shape index (κ1) is 13.5. The molecule has 1 N–H and O–H groups in total. The van der Waals surface area contributed by atoms with Gasteiger partial charge in [-0.3, -0.25) is 0 Å². The second-order valence-electron chi connectivity index (χ2n) is 4.75. The number of nitrogens with one attached hydrogen (secondary N) is 1. The lowest BCUT2D eigenvalue weighted by molar-refractivity contribution is 0.592. The van der Waals surface area contributed by atoms with Gasteiger partial charge in [0.1, 0.15) is 0 Å². The Bertz CT molecular complexity index is 205. The summed E-state index contributed by atoms with van der Waals surface area (Å²) in [6.07, 6.45) is 16.3. The quantitative estimate of drug-likeness (QED) is 0.454. The maximum Gasteiger partial charge on any atom is -0.00116 e. The zero-order valence-corrected chi connectivity index (χ0v) is 10.6. The lowest BCUT2D eigenvalue weighted by Crippen LogP contribution is -2.17. The molecular weight excluding hydrogens is 194 g/mol. The minimum absolute atomic E-state index is 1.17. The molecule has 0 unspecified atom stereocenters. The van der Waals surface area contributed by atoms with Crippen LogP contribution in [-0.2, 0) is 0 Å². The van der Waals surface area contributed by atoms with Gasteiger partial charge in [0, 0.05) is 0 Å². The van der Waals surface area contributed by atoms with Gasteiger partial charge in [-0.05, 0) is 64.5 Å². The SMILES string of the molecule is C=CCCCCCNCCC1=CCCCC1. The van der Waals surface area contributed by atoms with Crippen LogP contribution < -0.4 is 5.32 Å². The van der Waals surface area contributed by atoms with E-state index < -0.39 is 0 Å². The zero-order chi connectivity index (χ0) is 11.5. The zero-order valence-electron chi connectivity index (χ0n) is 10.6. The second-order valence-corrected chi connectivity index (χ2v) is 4.75. The molecule has 0 atom stereocenters. The third-order valence-electron chi connectivity index (χ3n) is 3.27. The lowest BCUT2D eigenvalue weighted by Gasteiger charge is -2.12. The van der Waals surface area contributed by atoms with E-state index in [1.165, 1.54) is 70.9 Å². The summed E-state index contributed by atoms with van der Waals surface area (Å²) in [6.45, 7) is 6.10. The number of hydrogen-bond acceptors (Lipinski definition) is 1. The standard InChI is InChI=1S/C15H27N/c1-2-3-4-5-9-13-16-14-12-15-10-7-6-8-11-15/h2,10,16H,1,3-9,11-14H2. The summed E-state index contributed by atoms with van der Waals surface area (Å²) >= 11 is 0. The van der Waals surface area contributed by atoms with Crippen LogP contribution in [0.15, 0.2) is 24.3 Å². The maximum atomic E-state index is 3.74. The third kappa shape index (κ3) is 6.84. The van der Waals surface area contributed by atoms with Gasteiger partial charge in [-0.15, -0.1) is 6.58 Å². The summed E-state index contributed by atoms with van der Waals surface area (Å²) in [6, 6.07) is 0. The summed E-state index contributed by atoms with van der Waals surface area (Å²) in [5.41, 5.74) is 1.69.